The summed E-state index contributed by atoms with van der Waals surface area (Å²) in [5.74, 6) is -0.107. The van der Waals surface area contributed by atoms with Gasteiger partial charge in [-0.15, -0.1) is 0 Å². The van der Waals surface area contributed by atoms with Gasteiger partial charge in [0, 0.05) is 22.8 Å². The highest BCUT2D eigenvalue weighted by atomic mass is 16.8. The van der Waals surface area contributed by atoms with Gasteiger partial charge in [0.05, 0.1) is 11.2 Å². The highest BCUT2D eigenvalue weighted by molar-refractivity contribution is 6.05. The lowest BCUT2D eigenvalue weighted by Crippen LogP contribution is -2.14. The molecule has 0 saturated carbocycles. The third kappa shape index (κ3) is 4.16. The Morgan fingerprint density at radius 2 is 1.84 bits per heavy atom. The van der Waals surface area contributed by atoms with Crippen LogP contribution in [0.1, 0.15) is 21.5 Å². The molecule has 156 valence electrons. The number of carbonyl (C=O) groups is 1. The Morgan fingerprint density at radius 3 is 2.61 bits per heavy atom. The van der Waals surface area contributed by atoms with Gasteiger partial charge in [-0.1, -0.05) is 18.2 Å². The molecular formula is C23H20N5O3-. The molecule has 0 radical (unpaired) electrons. The summed E-state index contributed by atoms with van der Waals surface area (Å²) in [6.45, 7) is 3.77. The molecule has 0 saturated heterocycles. The molecule has 1 aromatic heterocycles. The number of nitrogens with zero attached hydrogens (tertiary/aromatic N) is 3. The molecule has 0 unspecified atom stereocenters. The van der Waals surface area contributed by atoms with Crippen molar-refractivity contribution in [2.45, 2.75) is 13.8 Å². The van der Waals surface area contributed by atoms with Gasteiger partial charge in [0.15, 0.2) is 0 Å². The number of carbonyl (C=O) groups excluding carboxylic acids is 1. The molecule has 8 nitrogen and oxygen atoms in total. The Hall–Kier alpha value is -4.01. The van der Waals surface area contributed by atoms with E-state index in [9.17, 15) is 10.0 Å². The summed E-state index contributed by atoms with van der Waals surface area (Å²) in [5.41, 5.74) is 10.9. The van der Waals surface area contributed by atoms with Crippen molar-refractivity contribution in [3.63, 3.8) is 0 Å². The number of anilines is 3. The van der Waals surface area contributed by atoms with Gasteiger partial charge in [-0.2, -0.15) is 0 Å². The summed E-state index contributed by atoms with van der Waals surface area (Å²) >= 11 is 0. The normalized spacial score (nSPS) is 10.8. The summed E-state index contributed by atoms with van der Waals surface area (Å²) in [7, 11) is 0. The highest BCUT2D eigenvalue weighted by Gasteiger charge is 2.12. The van der Waals surface area contributed by atoms with Gasteiger partial charge in [-0.3, -0.25) is 10.0 Å². The van der Waals surface area contributed by atoms with Crippen LogP contribution >= 0.6 is 0 Å². The van der Waals surface area contributed by atoms with Crippen LogP contribution in [0.4, 0.5) is 17.3 Å². The smallest absolute Gasteiger partial charge is 0.255 e. The first-order chi connectivity index (χ1) is 14.8. The predicted octanol–water partition coefficient (Wildman–Crippen LogP) is 4.44. The molecule has 4 aromatic rings. The number of amides is 1. The van der Waals surface area contributed by atoms with Crippen LogP contribution < -0.4 is 16.3 Å². The van der Waals surface area contributed by atoms with Crippen LogP contribution in [0.25, 0.3) is 22.0 Å². The monoisotopic (exact) mass is 414 g/mol. The lowest BCUT2D eigenvalue weighted by Gasteiger charge is -2.22. The zero-order valence-corrected chi connectivity index (χ0v) is 17.0. The maximum absolute atomic E-state index is 12.9. The van der Waals surface area contributed by atoms with Crippen LogP contribution in [0, 0.1) is 19.1 Å². The van der Waals surface area contributed by atoms with Crippen LogP contribution in [0.15, 0.2) is 60.8 Å². The van der Waals surface area contributed by atoms with Crippen molar-refractivity contribution < 1.29 is 10.0 Å². The quantitative estimate of drug-likeness (QED) is 0.421. The van der Waals surface area contributed by atoms with Gasteiger partial charge < -0.3 is 21.5 Å². The molecule has 0 aliphatic rings. The number of benzene rings is 3. The lowest BCUT2D eigenvalue weighted by molar-refractivity contribution is 0.102. The number of nitrogens with one attached hydrogen (secondary N) is 1. The minimum atomic E-state index is -0.325. The average molecular weight is 414 g/mol. The molecule has 0 spiro atoms. The van der Waals surface area contributed by atoms with E-state index in [1.54, 1.807) is 25.3 Å². The second-order valence-electron chi connectivity index (χ2n) is 7.26. The number of hydrogen-bond acceptors (Lipinski definition) is 7. The van der Waals surface area contributed by atoms with E-state index in [2.05, 4.69) is 15.3 Å². The van der Waals surface area contributed by atoms with Crippen molar-refractivity contribution in [3.8, 4) is 11.1 Å². The maximum atomic E-state index is 12.9. The summed E-state index contributed by atoms with van der Waals surface area (Å²) in [4.78, 5) is 21.1. The first-order valence-electron chi connectivity index (χ1n) is 9.53. The minimum Gasteiger partial charge on any atom is -0.733 e. The molecule has 1 heterocycles. The van der Waals surface area contributed by atoms with Crippen molar-refractivity contribution in [3.05, 3.63) is 82.7 Å². The van der Waals surface area contributed by atoms with E-state index in [1.165, 1.54) is 12.1 Å². The van der Waals surface area contributed by atoms with E-state index in [0.29, 0.717) is 11.3 Å². The van der Waals surface area contributed by atoms with E-state index in [4.69, 9.17) is 10.9 Å². The Labute approximate surface area is 178 Å². The second kappa shape index (κ2) is 8.02. The second-order valence-corrected chi connectivity index (χ2v) is 7.26. The average Bonchev–Trinajstić information content (AvgIpc) is 2.75. The van der Waals surface area contributed by atoms with Gasteiger partial charge in [0.2, 0.25) is 5.95 Å². The topological polar surface area (TPSA) is 127 Å². The minimum absolute atomic E-state index is 0.0320. The molecule has 0 atom stereocenters. The third-order valence-electron chi connectivity index (χ3n) is 5.10. The fraction of sp³-hybridized carbons (Fsp3) is 0.0870. The van der Waals surface area contributed by atoms with Crippen molar-refractivity contribution in [2.75, 3.05) is 16.3 Å². The highest BCUT2D eigenvalue weighted by Crippen LogP contribution is 2.28. The fourth-order valence-electron chi connectivity index (χ4n) is 3.35. The Bertz CT molecular complexity index is 1300. The summed E-state index contributed by atoms with van der Waals surface area (Å²) in [6, 6.07) is 15.7. The molecule has 1 amide bonds. The maximum Gasteiger partial charge on any atom is 0.255 e. The summed E-state index contributed by atoms with van der Waals surface area (Å²) in [6.07, 6.45) is 1.67. The van der Waals surface area contributed by atoms with E-state index < -0.39 is 0 Å². The van der Waals surface area contributed by atoms with Gasteiger partial charge in [-0.05, 0) is 72.5 Å². The van der Waals surface area contributed by atoms with Gasteiger partial charge in [-0.25, -0.2) is 9.97 Å². The molecule has 0 aliphatic carbocycles. The number of hydrogen-bond donors (Lipinski definition) is 3. The van der Waals surface area contributed by atoms with Crippen LogP contribution in [-0.4, -0.2) is 21.1 Å². The van der Waals surface area contributed by atoms with Gasteiger partial charge >= 0.3 is 0 Å². The van der Waals surface area contributed by atoms with E-state index in [1.807, 2.05) is 37.3 Å². The number of nitrogen functional groups attached to an aromatic ring is 1. The summed E-state index contributed by atoms with van der Waals surface area (Å²) in [5, 5.41) is 23.7. The number of rotatable bonds is 4. The number of aryl methyl sites for hydroxylation is 2. The Morgan fingerprint density at radius 1 is 1.06 bits per heavy atom. The largest absolute Gasteiger partial charge is 0.733 e. The standard InChI is InChI=1S/C23H20N5O3/c1-13-3-5-16(22(29)26-21-11-18(28(30)31)7-4-14(21)2)10-19(13)15-6-8-20-17(9-15)12-25-23(24)27-20/h3-12,30H,1-2H3,(H,26,29)(H2,24,25,27)/q-1. The van der Waals surface area contributed by atoms with Crippen molar-refractivity contribution in [1.29, 1.82) is 0 Å². The van der Waals surface area contributed by atoms with Crippen molar-refractivity contribution in [1.82, 2.24) is 9.97 Å². The van der Waals surface area contributed by atoms with Crippen molar-refractivity contribution >= 4 is 34.1 Å². The SMILES string of the molecule is Cc1ccc(N([O-])O)cc1NC(=O)c1ccc(C)c(-c2ccc3nc(N)ncc3c2)c1. The molecule has 4 N–H and O–H groups in total. The number of fused-ring (bicyclic) bond motifs is 1. The number of aromatic nitrogens is 2. The molecule has 3 aromatic carbocycles. The van der Waals surface area contributed by atoms with Crippen molar-refractivity contribution in [2.24, 2.45) is 0 Å². The predicted molar refractivity (Wildman–Crippen MR) is 121 cm³/mol. The van der Waals surface area contributed by atoms with Crippen LogP contribution in [0.3, 0.4) is 0 Å². The molecule has 0 fully saturated rings. The molecule has 0 bridgehead atoms. The third-order valence-corrected chi connectivity index (χ3v) is 5.10. The first kappa shape index (κ1) is 20.3. The Kier molecular flexibility index (Phi) is 5.24. The molecule has 8 heteroatoms. The van der Waals surface area contributed by atoms with E-state index >= 15 is 0 Å². The zero-order chi connectivity index (χ0) is 22.1. The summed E-state index contributed by atoms with van der Waals surface area (Å²) < 4.78 is 0. The fourth-order valence-corrected chi connectivity index (χ4v) is 3.35. The zero-order valence-electron chi connectivity index (χ0n) is 17.0. The van der Waals surface area contributed by atoms with E-state index in [0.717, 1.165) is 33.2 Å². The van der Waals surface area contributed by atoms with Crippen LogP contribution in [0.5, 0.6) is 0 Å². The van der Waals surface area contributed by atoms with E-state index in [-0.39, 0.29) is 22.8 Å². The van der Waals surface area contributed by atoms with Gasteiger partial charge in [0.1, 0.15) is 0 Å². The van der Waals surface area contributed by atoms with Gasteiger partial charge in [0.25, 0.3) is 5.91 Å². The van der Waals surface area contributed by atoms with Crippen LogP contribution in [0.2, 0.25) is 0 Å². The number of nitrogens with two attached hydrogens (primary N) is 1. The molecular weight excluding hydrogens is 394 g/mol. The molecule has 31 heavy (non-hydrogen) atoms. The van der Waals surface area contributed by atoms with Crippen LogP contribution in [-0.2, 0) is 0 Å². The molecule has 0 aliphatic heterocycles. The first-order valence-corrected chi connectivity index (χ1v) is 9.53. The molecule has 4 rings (SSSR count). The Balaban J connectivity index is 1.67. The lowest BCUT2D eigenvalue weighted by atomic mass is 9.97.